The minimum atomic E-state index is -1.80. The van der Waals surface area contributed by atoms with Gasteiger partial charge in [0.05, 0.1) is 30.7 Å². The van der Waals surface area contributed by atoms with Crippen molar-refractivity contribution in [3.05, 3.63) is 59.7 Å². The van der Waals surface area contributed by atoms with E-state index in [2.05, 4.69) is 71.6 Å². The number of unbranched alkanes of at least 4 members (excludes halogenated alkanes) is 2. The summed E-state index contributed by atoms with van der Waals surface area (Å²) in [5, 5.41) is 23.2. The van der Waals surface area contributed by atoms with Crippen molar-refractivity contribution in [1.82, 2.24) is 31.5 Å². The lowest BCUT2D eigenvalue weighted by Crippen LogP contribution is -2.63. The van der Waals surface area contributed by atoms with Gasteiger partial charge in [-0.15, -0.1) is 0 Å². The highest BCUT2D eigenvalue weighted by Crippen LogP contribution is 2.61. The molecular formula is C49H72BN9O10. The van der Waals surface area contributed by atoms with E-state index in [1.807, 2.05) is 12.1 Å². The van der Waals surface area contributed by atoms with Crippen LogP contribution < -0.4 is 43.8 Å². The molecule has 3 aliphatic carbocycles. The van der Waals surface area contributed by atoms with Gasteiger partial charge in [-0.3, -0.25) is 33.6 Å². The zero-order valence-corrected chi connectivity index (χ0v) is 40.4. The van der Waals surface area contributed by atoms with Gasteiger partial charge in [-0.2, -0.15) is 0 Å². The van der Waals surface area contributed by atoms with Gasteiger partial charge in [0.1, 0.15) is 18.1 Å². The molecule has 2 aromatic rings. The fourth-order valence-corrected chi connectivity index (χ4v) is 10.2. The number of carbonyl (C=O) groups is 7. The quantitative estimate of drug-likeness (QED) is 0.0404. The number of carbonyl (C=O) groups excluding carboxylic acids is 7. The Labute approximate surface area is 405 Å². The SMILES string of the molecule is CCCCc1ccc(-c2ccc(C(=O)NCCC(=O)N[C@@H](CCCCN)C(=O)N[C@H](C(=O)N[C@@H](N)C(=O)N[C@@H](CC(N)=O)C(=O)N3CCC[C@H]3B3OC4C[C@@H]5C[C@H](C4O3)C5(C)C)C(C)O)cc2)cc1. The third-order valence-corrected chi connectivity index (χ3v) is 14.5. The molecule has 20 heteroatoms. The second-order valence-corrected chi connectivity index (χ2v) is 19.7. The number of aliphatic hydroxyl groups excluding tert-OH is 1. The molecule has 10 atom stereocenters. The number of rotatable bonds is 24. The molecule has 5 fully saturated rings. The lowest BCUT2D eigenvalue weighted by Gasteiger charge is -2.60. The van der Waals surface area contributed by atoms with Gasteiger partial charge >= 0.3 is 7.12 Å². The molecule has 2 bridgehead atoms. The zero-order chi connectivity index (χ0) is 50.0. The van der Waals surface area contributed by atoms with Gasteiger partial charge in [-0.25, -0.2) is 0 Å². The van der Waals surface area contributed by atoms with E-state index < -0.39 is 85.3 Å². The Balaban J connectivity index is 0.988. The number of nitrogens with one attached hydrogen (secondary N) is 5. The highest BCUT2D eigenvalue weighted by molar-refractivity contribution is 6.47. The van der Waals surface area contributed by atoms with Gasteiger partial charge in [0, 0.05) is 25.1 Å². The van der Waals surface area contributed by atoms with Crippen molar-refractivity contribution in [2.45, 2.75) is 153 Å². The number of benzene rings is 2. The van der Waals surface area contributed by atoms with E-state index in [0.29, 0.717) is 56.2 Å². The summed E-state index contributed by atoms with van der Waals surface area (Å²) in [5.41, 5.74) is 21.1. The summed E-state index contributed by atoms with van der Waals surface area (Å²) in [6, 6.07) is 11.3. The lowest BCUT2D eigenvalue weighted by molar-refractivity contribution is -0.150. The van der Waals surface area contributed by atoms with Crippen LogP contribution in [0.5, 0.6) is 0 Å². The summed E-state index contributed by atoms with van der Waals surface area (Å²) in [7, 11) is -0.666. The molecule has 0 spiro atoms. The average Bonchev–Trinajstić information content (AvgIpc) is 4.00. The number of amides is 7. The van der Waals surface area contributed by atoms with E-state index in [1.54, 1.807) is 17.0 Å². The molecule has 12 N–H and O–H groups in total. The first-order valence-corrected chi connectivity index (χ1v) is 24.6. The Kier molecular flexibility index (Phi) is 18.4. The molecule has 2 aromatic carbocycles. The topological polar surface area (TPSA) is 300 Å². The smallest absolute Gasteiger partial charge is 0.404 e. The largest absolute Gasteiger partial charge is 0.481 e. The predicted molar refractivity (Wildman–Crippen MR) is 258 cm³/mol. The van der Waals surface area contributed by atoms with Gasteiger partial charge < -0.3 is 63.1 Å². The molecule has 2 saturated heterocycles. The lowest BCUT2D eigenvalue weighted by atomic mass is 9.47. The van der Waals surface area contributed by atoms with Gasteiger partial charge in [-0.1, -0.05) is 63.6 Å². The first-order valence-electron chi connectivity index (χ1n) is 24.6. The fourth-order valence-electron chi connectivity index (χ4n) is 10.2. The molecule has 2 heterocycles. The van der Waals surface area contributed by atoms with Crippen molar-refractivity contribution in [3.8, 4) is 11.1 Å². The van der Waals surface area contributed by atoms with Gasteiger partial charge in [0.2, 0.25) is 29.5 Å². The molecule has 2 aliphatic heterocycles. The van der Waals surface area contributed by atoms with E-state index in [1.165, 1.54) is 12.5 Å². The number of hydrogen-bond donors (Lipinski definition) is 9. The Morgan fingerprint density at radius 1 is 0.870 bits per heavy atom. The van der Waals surface area contributed by atoms with Gasteiger partial charge in [0.25, 0.3) is 11.8 Å². The number of primary amides is 1. The molecule has 69 heavy (non-hydrogen) atoms. The molecular weight excluding hydrogens is 885 g/mol. The zero-order valence-electron chi connectivity index (χ0n) is 40.4. The molecule has 7 amide bonds. The standard InChI is InChI=1S/C49H72BN9O10/c1-5-6-10-29-13-15-30(16-14-29)31-17-19-32(20-18-31)44(63)54-23-21-40(62)55-35(11-7-8-22-51)45(64)57-41(28(2)60)46(65)58-43(53)47(66)56-36(27-39(52)61)48(67)59-24-9-12-38(59)50-68-37-26-33-25-34(42(37)69-50)49(33,3)4/h13-20,28,33-38,41-43,60H,5-12,21-27,51,53H2,1-4H3,(H2,52,61)(H,54,63)(H,55,62)(H,56,66)(H,57,64)(H,58,65)/t28?,33-,34+,35-,36-,37?,38-,41-,42?,43+/m0/s1. The third kappa shape index (κ3) is 13.3. The highest BCUT2D eigenvalue weighted by atomic mass is 16.7. The number of likely N-dealkylation sites (tertiary alicyclic amines) is 1. The van der Waals surface area contributed by atoms with Crippen LogP contribution in [0.3, 0.4) is 0 Å². The van der Waals surface area contributed by atoms with Crippen molar-refractivity contribution in [2.24, 2.45) is 34.5 Å². The van der Waals surface area contributed by atoms with E-state index in [4.69, 9.17) is 26.5 Å². The molecule has 19 nitrogen and oxygen atoms in total. The second-order valence-electron chi connectivity index (χ2n) is 19.7. The molecule has 376 valence electrons. The maximum Gasteiger partial charge on any atom is 0.481 e. The summed E-state index contributed by atoms with van der Waals surface area (Å²) in [6.07, 6.45) is 3.44. The van der Waals surface area contributed by atoms with Crippen LogP contribution in [-0.4, -0.2) is 127 Å². The van der Waals surface area contributed by atoms with Gasteiger partial charge in [-0.05, 0) is 117 Å². The molecule has 3 unspecified atom stereocenters. The Morgan fingerprint density at radius 2 is 1.57 bits per heavy atom. The van der Waals surface area contributed by atoms with E-state index in [0.717, 1.165) is 43.2 Å². The second kappa shape index (κ2) is 23.9. The Morgan fingerprint density at radius 3 is 2.20 bits per heavy atom. The van der Waals surface area contributed by atoms with Crippen LogP contribution in [0, 0.1) is 17.3 Å². The van der Waals surface area contributed by atoms with E-state index in [-0.39, 0.29) is 42.9 Å². The van der Waals surface area contributed by atoms with Crippen LogP contribution in [0.4, 0.5) is 0 Å². The van der Waals surface area contributed by atoms with Crippen molar-refractivity contribution in [1.29, 1.82) is 0 Å². The number of nitrogens with zero attached hydrogens (tertiary/aromatic N) is 1. The summed E-state index contributed by atoms with van der Waals surface area (Å²) < 4.78 is 12.9. The number of aliphatic hydroxyl groups is 1. The third-order valence-electron chi connectivity index (χ3n) is 14.5. The number of nitrogens with two attached hydrogens (primary N) is 3. The maximum atomic E-state index is 14.0. The normalized spacial score (nSPS) is 23.3. The summed E-state index contributed by atoms with van der Waals surface area (Å²) in [6.45, 7) is 8.53. The Hall–Kier alpha value is -5.41. The van der Waals surface area contributed by atoms with Crippen LogP contribution in [-0.2, 0) is 44.5 Å². The number of hydrogen-bond acceptors (Lipinski definition) is 12. The molecule has 0 aromatic heterocycles. The highest BCUT2D eigenvalue weighted by Gasteiger charge is 2.63. The monoisotopic (exact) mass is 958 g/mol. The number of aryl methyl sites for hydroxylation is 1. The Bertz CT molecular complexity index is 2140. The predicted octanol–water partition coefficient (Wildman–Crippen LogP) is 0.925. The molecule has 3 saturated carbocycles. The average molecular weight is 958 g/mol. The van der Waals surface area contributed by atoms with E-state index >= 15 is 0 Å². The van der Waals surface area contributed by atoms with Gasteiger partial charge in [0.15, 0.2) is 6.17 Å². The molecule has 0 radical (unpaired) electrons. The van der Waals surface area contributed by atoms with Crippen LogP contribution >= 0.6 is 0 Å². The van der Waals surface area contributed by atoms with Crippen LogP contribution in [0.2, 0.25) is 0 Å². The first-order chi connectivity index (χ1) is 32.9. The first kappa shape index (κ1) is 53.0. The maximum absolute atomic E-state index is 14.0. The van der Waals surface area contributed by atoms with Crippen molar-refractivity contribution >= 4 is 48.5 Å². The van der Waals surface area contributed by atoms with Crippen LogP contribution in [0.15, 0.2) is 48.5 Å². The minimum absolute atomic E-state index is 0.0323. The van der Waals surface area contributed by atoms with Crippen molar-refractivity contribution in [3.63, 3.8) is 0 Å². The minimum Gasteiger partial charge on any atom is -0.404 e. The summed E-state index contributed by atoms with van der Waals surface area (Å²) in [5.74, 6) is -4.81. The molecule has 7 rings (SSSR count). The van der Waals surface area contributed by atoms with Crippen molar-refractivity contribution in [2.75, 3.05) is 19.6 Å². The van der Waals surface area contributed by atoms with E-state index in [9.17, 15) is 38.7 Å². The summed E-state index contributed by atoms with van der Waals surface area (Å²) >= 11 is 0. The van der Waals surface area contributed by atoms with Crippen LogP contribution in [0.1, 0.15) is 114 Å². The fraction of sp³-hybridized carbons (Fsp3) is 0.612. The summed E-state index contributed by atoms with van der Waals surface area (Å²) in [4.78, 5) is 94.3. The molecule has 5 aliphatic rings. The van der Waals surface area contributed by atoms with Crippen molar-refractivity contribution < 1.29 is 48.0 Å². The van der Waals surface area contributed by atoms with Crippen LogP contribution in [0.25, 0.3) is 11.1 Å².